The minimum absolute atomic E-state index is 0.249. The highest BCUT2D eigenvalue weighted by Crippen LogP contribution is 2.31. The van der Waals surface area contributed by atoms with Crippen molar-refractivity contribution in [3.63, 3.8) is 0 Å². The first-order chi connectivity index (χ1) is 16.7. The summed E-state index contributed by atoms with van der Waals surface area (Å²) in [6.07, 6.45) is 9.95. The molecule has 1 saturated carbocycles. The molecule has 0 bridgehead atoms. The molecule has 3 fully saturated rings. The van der Waals surface area contributed by atoms with Crippen LogP contribution in [-0.4, -0.2) is 42.6 Å². The van der Waals surface area contributed by atoms with E-state index < -0.39 is 5.82 Å². The molecular weight excluding hydrogens is 431 g/mol. The van der Waals surface area contributed by atoms with Crippen LogP contribution in [0.15, 0.2) is 42.5 Å². The SMILES string of the molecule is O=C(Nc1ccc(OC[C@@H]2CCCN3CCCC[C@H]23)cc1)c1ccc(COC2CCC2)c(F)c1. The maximum absolute atomic E-state index is 14.4. The van der Waals surface area contributed by atoms with Gasteiger partial charge in [-0.05, 0) is 94.4 Å². The number of hydrogen-bond acceptors (Lipinski definition) is 4. The molecule has 5 nitrogen and oxygen atoms in total. The fraction of sp³-hybridized carbons (Fsp3) is 0.536. The average molecular weight is 467 g/mol. The number of halogens is 1. The lowest BCUT2D eigenvalue weighted by molar-refractivity contribution is -0.00976. The van der Waals surface area contributed by atoms with Crippen LogP contribution in [0, 0.1) is 11.7 Å². The van der Waals surface area contributed by atoms with E-state index in [9.17, 15) is 9.18 Å². The van der Waals surface area contributed by atoms with E-state index in [2.05, 4.69) is 10.2 Å². The molecule has 2 atom stereocenters. The van der Waals surface area contributed by atoms with Crippen LogP contribution in [-0.2, 0) is 11.3 Å². The number of carbonyl (C=O) groups is 1. The van der Waals surface area contributed by atoms with E-state index in [0.717, 1.165) is 25.2 Å². The highest BCUT2D eigenvalue weighted by Gasteiger charge is 2.33. The summed E-state index contributed by atoms with van der Waals surface area (Å²) in [5.41, 5.74) is 1.44. The molecule has 0 radical (unpaired) electrons. The molecule has 5 rings (SSSR count). The van der Waals surface area contributed by atoms with Gasteiger partial charge in [0.25, 0.3) is 5.91 Å². The molecule has 0 spiro atoms. The lowest BCUT2D eigenvalue weighted by Gasteiger charge is -2.44. The van der Waals surface area contributed by atoms with E-state index in [1.54, 1.807) is 12.1 Å². The Bertz CT molecular complexity index is 974. The second-order valence-electron chi connectivity index (χ2n) is 9.96. The van der Waals surface area contributed by atoms with Crippen molar-refractivity contribution in [3.8, 4) is 5.75 Å². The average Bonchev–Trinajstić information content (AvgIpc) is 2.83. The molecule has 2 aromatic carbocycles. The van der Waals surface area contributed by atoms with Crippen molar-refractivity contribution in [2.45, 2.75) is 70.1 Å². The van der Waals surface area contributed by atoms with E-state index in [1.807, 2.05) is 24.3 Å². The predicted molar refractivity (Wildman–Crippen MR) is 131 cm³/mol. The van der Waals surface area contributed by atoms with E-state index in [0.29, 0.717) is 28.8 Å². The smallest absolute Gasteiger partial charge is 0.255 e. The zero-order chi connectivity index (χ0) is 23.3. The van der Waals surface area contributed by atoms with Crippen molar-refractivity contribution in [1.29, 1.82) is 0 Å². The fourth-order valence-electron chi connectivity index (χ4n) is 5.36. The number of benzene rings is 2. The molecule has 2 heterocycles. The number of piperidine rings is 2. The number of carbonyl (C=O) groups excluding carboxylic acids is 1. The largest absolute Gasteiger partial charge is 0.493 e. The van der Waals surface area contributed by atoms with Crippen LogP contribution in [0.5, 0.6) is 5.75 Å². The molecule has 182 valence electrons. The Labute approximate surface area is 201 Å². The van der Waals surface area contributed by atoms with Gasteiger partial charge in [0.2, 0.25) is 0 Å². The molecule has 2 saturated heterocycles. The molecule has 0 aromatic heterocycles. The molecule has 6 heteroatoms. The Morgan fingerprint density at radius 1 is 0.971 bits per heavy atom. The van der Waals surface area contributed by atoms with E-state index in [4.69, 9.17) is 9.47 Å². The number of ether oxygens (including phenoxy) is 2. The number of amides is 1. The van der Waals surface area contributed by atoms with Gasteiger partial charge in [-0.2, -0.15) is 0 Å². The molecule has 3 aliphatic rings. The number of nitrogens with one attached hydrogen (secondary N) is 1. The topological polar surface area (TPSA) is 50.8 Å². The maximum Gasteiger partial charge on any atom is 0.255 e. The van der Waals surface area contributed by atoms with Crippen LogP contribution < -0.4 is 10.1 Å². The highest BCUT2D eigenvalue weighted by atomic mass is 19.1. The monoisotopic (exact) mass is 466 g/mol. The van der Waals surface area contributed by atoms with Crippen molar-refractivity contribution in [1.82, 2.24) is 4.90 Å². The third kappa shape index (κ3) is 5.61. The van der Waals surface area contributed by atoms with Crippen LogP contribution in [0.4, 0.5) is 10.1 Å². The van der Waals surface area contributed by atoms with E-state index in [1.165, 1.54) is 57.7 Å². The molecule has 2 aromatic rings. The number of rotatable bonds is 8. The molecule has 34 heavy (non-hydrogen) atoms. The summed E-state index contributed by atoms with van der Waals surface area (Å²) < 4.78 is 26.2. The van der Waals surface area contributed by atoms with Crippen molar-refractivity contribution in [2.24, 2.45) is 5.92 Å². The fourth-order valence-corrected chi connectivity index (χ4v) is 5.36. The summed E-state index contributed by atoms with van der Waals surface area (Å²) in [4.78, 5) is 15.3. The van der Waals surface area contributed by atoms with Gasteiger partial charge >= 0.3 is 0 Å². The summed E-state index contributed by atoms with van der Waals surface area (Å²) in [5.74, 6) is 0.659. The van der Waals surface area contributed by atoms with Gasteiger partial charge in [-0.3, -0.25) is 9.69 Å². The van der Waals surface area contributed by atoms with Gasteiger partial charge in [0.05, 0.1) is 19.3 Å². The third-order valence-electron chi connectivity index (χ3n) is 7.65. The maximum atomic E-state index is 14.4. The van der Waals surface area contributed by atoms with E-state index >= 15 is 0 Å². The quantitative estimate of drug-likeness (QED) is 0.535. The van der Waals surface area contributed by atoms with Gasteiger partial charge in [-0.1, -0.05) is 12.5 Å². The molecule has 1 aliphatic carbocycles. The van der Waals surface area contributed by atoms with Crippen LogP contribution >= 0.6 is 0 Å². The normalized spacial score (nSPS) is 23.1. The summed E-state index contributed by atoms with van der Waals surface area (Å²) in [6.45, 7) is 3.45. The Morgan fingerprint density at radius 3 is 2.56 bits per heavy atom. The summed E-state index contributed by atoms with van der Waals surface area (Å²) >= 11 is 0. The summed E-state index contributed by atoms with van der Waals surface area (Å²) in [7, 11) is 0. The van der Waals surface area contributed by atoms with Crippen molar-refractivity contribution in [3.05, 3.63) is 59.4 Å². The minimum atomic E-state index is -0.407. The first-order valence-electron chi connectivity index (χ1n) is 12.8. The zero-order valence-corrected chi connectivity index (χ0v) is 19.8. The van der Waals surface area contributed by atoms with Crippen LogP contribution in [0.1, 0.15) is 67.3 Å². The molecule has 1 amide bonds. The number of anilines is 1. The Morgan fingerprint density at radius 2 is 1.79 bits per heavy atom. The van der Waals surface area contributed by atoms with Gasteiger partial charge in [-0.25, -0.2) is 4.39 Å². The van der Waals surface area contributed by atoms with Crippen molar-refractivity contribution < 1.29 is 18.7 Å². The molecular formula is C28H35FN2O3. The molecule has 1 N–H and O–H groups in total. The summed E-state index contributed by atoms with van der Waals surface area (Å²) in [5, 5.41) is 2.84. The minimum Gasteiger partial charge on any atom is -0.493 e. The van der Waals surface area contributed by atoms with Crippen LogP contribution in [0.25, 0.3) is 0 Å². The number of nitrogens with zero attached hydrogens (tertiary/aromatic N) is 1. The number of hydrogen-bond donors (Lipinski definition) is 1. The summed E-state index contributed by atoms with van der Waals surface area (Å²) in [6, 6.07) is 12.7. The van der Waals surface area contributed by atoms with Gasteiger partial charge in [0, 0.05) is 28.8 Å². The first-order valence-corrected chi connectivity index (χ1v) is 12.8. The van der Waals surface area contributed by atoms with Gasteiger partial charge in [-0.15, -0.1) is 0 Å². The van der Waals surface area contributed by atoms with E-state index in [-0.39, 0.29) is 18.6 Å². The van der Waals surface area contributed by atoms with Crippen LogP contribution in [0.3, 0.4) is 0 Å². The van der Waals surface area contributed by atoms with Gasteiger partial charge in [0.15, 0.2) is 0 Å². The van der Waals surface area contributed by atoms with Crippen molar-refractivity contribution in [2.75, 3.05) is 25.0 Å². The lowest BCUT2D eigenvalue weighted by atomic mass is 9.84. The zero-order valence-electron chi connectivity index (χ0n) is 19.8. The van der Waals surface area contributed by atoms with Crippen molar-refractivity contribution >= 4 is 11.6 Å². The molecule has 2 aliphatic heterocycles. The molecule has 0 unspecified atom stereocenters. The number of fused-ring (bicyclic) bond motifs is 1. The second kappa shape index (κ2) is 10.9. The Balaban J connectivity index is 1.12. The second-order valence-corrected chi connectivity index (χ2v) is 9.96. The lowest BCUT2D eigenvalue weighted by Crippen LogP contribution is -2.49. The van der Waals surface area contributed by atoms with Gasteiger partial charge in [0.1, 0.15) is 11.6 Å². The highest BCUT2D eigenvalue weighted by molar-refractivity contribution is 6.04. The standard InChI is InChI=1S/C28H35FN2O3/c29-26-17-20(9-10-21(26)18-33-24-6-3-7-24)28(32)30-23-11-13-25(14-12-23)34-19-22-5-4-16-31-15-2-1-8-27(22)31/h9-14,17,22,24,27H,1-8,15-16,18-19H2,(H,30,32)/t22-,27+/m0/s1. The Hall–Kier alpha value is -2.44. The third-order valence-corrected chi connectivity index (χ3v) is 7.65. The Kier molecular flexibility index (Phi) is 7.45. The van der Waals surface area contributed by atoms with Gasteiger partial charge < -0.3 is 14.8 Å². The van der Waals surface area contributed by atoms with Crippen LogP contribution in [0.2, 0.25) is 0 Å². The first kappa shape index (κ1) is 23.3. The predicted octanol–water partition coefficient (Wildman–Crippen LogP) is 5.79.